The SMILES string of the molecule is Cc1c(COC(=O)c2ccco2)noc1-c1ccc(F)cc1. The van der Waals surface area contributed by atoms with E-state index in [0.717, 1.165) is 5.56 Å². The molecular weight excluding hydrogens is 289 g/mol. The number of ether oxygens (including phenoxy) is 1. The maximum absolute atomic E-state index is 12.9. The number of furan rings is 1. The normalized spacial score (nSPS) is 10.6. The summed E-state index contributed by atoms with van der Waals surface area (Å²) in [5.74, 6) is -0.256. The third-order valence-electron chi connectivity index (χ3n) is 3.19. The van der Waals surface area contributed by atoms with Crippen molar-refractivity contribution in [3.8, 4) is 11.3 Å². The van der Waals surface area contributed by atoms with Crippen LogP contribution >= 0.6 is 0 Å². The Morgan fingerprint density at radius 1 is 1.27 bits per heavy atom. The largest absolute Gasteiger partial charge is 0.457 e. The predicted molar refractivity (Wildman–Crippen MR) is 74.5 cm³/mol. The number of rotatable bonds is 4. The molecule has 0 aliphatic rings. The molecule has 0 N–H and O–H groups in total. The Kier molecular flexibility index (Phi) is 3.74. The van der Waals surface area contributed by atoms with Crippen LogP contribution in [0.15, 0.2) is 51.6 Å². The smallest absolute Gasteiger partial charge is 0.374 e. The molecule has 1 aromatic carbocycles. The lowest BCUT2D eigenvalue weighted by molar-refractivity contribution is 0.0427. The molecule has 0 bridgehead atoms. The summed E-state index contributed by atoms with van der Waals surface area (Å²) in [5.41, 5.74) is 1.94. The first kappa shape index (κ1) is 14.1. The van der Waals surface area contributed by atoms with E-state index in [-0.39, 0.29) is 18.2 Å². The fraction of sp³-hybridized carbons (Fsp3) is 0.125. The number of carbonyl (C=O) groups excluding carboxylic acids is 1. The quantitative estimate of drug-likeness (QED) is 0.687. The van der Waals surface area contributed by atoms with Crippen LogP contribution in [0.5, 0.6) is 0 Å². The van der Waals surface area contributed by atoms with E-state index in [1.54, 1.807) is 25.1 Å². The zero-order valence-corrected chi connectivity index (χ0v) is 11.7. The van der Waals surface area contributed by atoms with E-state index in [9.17, 15) is 9.18 Å². The Morgan fingerprint density at radius 2 is 2.05 bits per heavy atom. The predicted octanol–water partition coefficient (Wildman–Crippen LogP) is 3.74. The van der Waals surface area contributed by atoms with E-state index >= 15 is 0 Å². The molecule has 0 saturated carbocycles. The summed E-state index contributed by atoms with van der Waals surface area (Å²) < 4.78 is 28.2. The second-order valence-corrected chi connectivity index (χ2v) is 4.64. The van der Waals surface area contributed by atoms with Gasteiger partial charge in [0.15, 0.2) is 5.76 Å². The Labute approximate surface area is 125 Å². The van der Waals surface area contributed by atoms with Crippen molar-refractivity contribution in [3.05, 3.63) is 65.5 Å². The van der Waals surface area contributed by atoms with Gasteiger partial charge < -0.3 is 13.7 Å². The summed E-state index contributed by atoms with van der Waals surface area (Å²) in [6.07, 6.45) is 1.39. The molecule has 0 unspecified atom stereocenters. The zero-order chi connectivity index (χ0) is 15.5. The van der Waals surface area contributed by atoms with Crippen molar-refractivity contribution in [2.45, 2.75) is 13.5 Å². The highest BCUT2D eigenvalue weighted by molar-refractivity contribution is 5.86. The minimum atomic E-state index is -0.573. The number of hydrogen-bond donors (Lipinski definition) is 0. The number of esters is 1. The highest BCUT2D eigenvalue weighted by atomic mass is 19.1. The molecule has 5 nitrogen and oxygen atoms in total. The van der Waals surface area contributed by atoms with E-state index in [1.807, 2.05) is 0 Å². The summed E-state index contributed by atoms with van der Waals surface area (Å²) in [6.45, 7) is 1.77. The zero-order valence-electron chi connectivity index (χ0n) is 11.7. The first-order chi connectivity index (χ1) is 10.6. The van der Waals surface area contributed by atoms with Crippen LogP contribution in [0, 0.1) is 12.7 Å². The van der Waals surface area contributed by atoms with Crippen LogP contribution in [0.25, 0.3) is 11.3 Å². The molecule has 3 aromatic rings. The molecule has 0 fully saturated rings. The first-order valence-electron chi connectivity index (χ1n) is 6.57. The molecule has 2 heterocycles. The van der Waals surface area contributed by atoms with Crippen molar-refractivity contribution in [3.63, 3.8) is 0 Å². The molecule has 112 valence electrons. The summed E-state index contributed by atoms with van der Waals surface area (Å²) in [6, 6.07) is 9.00. The molecule has 0 spiro atoms. The summed E-state index contributed by atoms with van der Waals surface area (Å²) >= 11 is 0. The molecule has 3 rings (SSSR count). The molecule has 0 saturated heterocycles. The second-order valence-electron chi connectivity index (χ2n) is 4.64. The average Bonchev–Trinajstić information content (AvgIpc) is 3.16. The fourth-order valence-corrected chi connectivity index (χ4v) is 1.97. The Balaban J connectivity index is 1.73. The van der Waals surface area contributed by atoms with Crippen LogP contribution in [0.2, 0.25) is 0 Å². The van der Waals surface area contributed by atoms with Crippen LogP contribution in [0.4, 0.5) is 4.39 Å². The van der Waals surface area contributed by atoms with E-state index < -0.39 is 5.97 Å². The van der Waals surface area contributed by atoms with Gasteiger partial charge in [0, 0.05) is 11.1 Å². The third kappa shape index (κ3) is 2.76. The molecule has 2 aromatic heterocycles. The maximum atomic E-state index is 12.9. The number of benzene rings is 1. The van der Waals surface area contributed by atoms with Gasteiger partial charge in [-0.05, 0) is 43.3 Å². The Bertz CT molecular complexity index is 775. The van der Waals surface area contributed by atoms with Crippen molar-refractivity contribution in [2.75, 3.05) is 0 Å². The molecule has 0 aliphatic carbocycles. The van der Waals surface area contributed by atoms with Crippen molar-refractivity contribution in [1.82, 2.24) is 5.16 Å². The Morgan fingerprint density at radius 3 is 2.73 bits per heavy atom. The van der Waals surface area contributed by atoms with Crippen LogP contribution in [-0.2, 0) is 11.3 Å². The van der Waals surface area contributed by atoms with Gasteiger partial charge in [-0.1, -0.05) is 5.16 Å². The van der Waals surface area contributed by atoms with Crippen LogP contribution in [-0.4, -0.2) is 11.1 Å². The van der Waals surface area contributed by atoms with E-state index in [0.29, 0.717) is 17.0 Å². The van der Waals surface area contributed by atoms with E-state index in [2.05, 4.69) is 5.16 Å². The molecule has 6 heteroatoms. The van der Waals surface area contributed by atoms with Gasteiger partial charge in [0.2, 0.25) is 5.76 Å². The molecule has 0 atom stereocenters. The van der Waals surface area contributed by atoms with Gasteiger partial charge in [0.25, 0.3) is 0 Å². The monoisotopic (exact) mass is 301 g/mol. The van der Waals surface area contributed by atoms with Gasteiger partial charge in [-0.3, -0.25) is 0 Å². The van der Waals surface area contributed by atoms with Gasteiger partial charge >= 0.3 is 5.97 Å². The average molecular weight is 301 g/mol. The van der Waals surface area contributed by atoms with Gasteiger partial charge in [-0.2, -0.15) is 0 Å². The lowest BCUT2D eigenvalue weighted by atomic mass is 10.1. The highest BCUT2D eigenvalue weighted by Crippen LogP contribution is 2.26. The standard InChI is InChI=1S/C16H12FNO4/c1-10-13(9-21-16(19)14-3-2-8-20-14)18-22-15(10)11-4-6-12(17)7-5-11/h2-8H,9H2,1H3. The summed E-state index contributed by atoms with van der Waals surface area (Å²) in [7, 11) is 0. The highest BCUT2D eigenvalue weighted by Gasteiger charge is 2.17. The van der Waals surface area contributed by atoms with E-state index in [1.165, 1.54) is 24.5 Å². The lowest BCUT2D eigenvalue weighted by Gasteiger charge is -2.01. The van der Waals surface area contributed by atoms with Gasteiger partial charge in [0.05, 0.1) is 6.26 Å². The fourth-order valence-electron chi connectivity index (χ4n) is 1.97. The second kappa shape index (κ2) is 5.85. The van der Waals surface area contributed by atoms with Crippen molar-refractivity contribution in [1.29, 1.82) is 0 Å². The van der Waals surface area contributed by atoms with E-state index in [4.69, 9.17) is 13.7 Å². The maximum Gasteiger partial charge on any atom is 0.374 e. The lowest BCUT2D eigenvalue weighted by Crippen LogP contribution is -2.04. The van der Waals surface area contributed by atoms with Gasteiger partial charge in [0.1, 0.15) is 18.1 Å². The van der Waals surface area contributed by atoms with Crippen LogP contribution in [0.3, 0.4) is 0 Å². The van der Waals surface area contributed by atoms with Crippen molar-refractivity contribution in [2.24, 2.45) is 0 Å². The number of halogens is 1. The number of nitrogens with zero attached hydrogens (tertiary/aromatic N) is 1. The number of hydrogen-bond acceptors (Lipinski definition) is 5. The Hall–Kier alpha value is -2.89. The van der Waals surface area contributed by atoms with Crippen molar-refractivity contribution < 1.29 is 22.9 Å². The van der Waals surface area contributed by atoms with Gasteiger partial charge in [-0.25, -0.2) is 9.18 Å². The van der Waals surface area contributed by atoms with Crippen LogP contribution in [0.1, 0.15) is 21.8 Å². The minimum Gasteiger partial charge on any atom is -0.457 e. The molecular formula is C16H12FNO4. The van der Waals surface area contributed by atoms with Crippen molar-refractivity contribution >= 4 is 5.97 Å². The number of aromatic nitrogens is 1. The summed E-state index contributed by atoms with van der Waals surface area (Å²) in [4.78, 5) is 11.7. The molecule has 0 amide bonds. The van der Waals surface area contributed by atoms with Gasteiger partial charge in [-0.15, -0.1) is 0 Å². The first-order valence-corrected chi connectivity index (χ1v) is 6.57. The third-order valence-corrected chi connectivity index (χ3v) is 3.19. The van der Waals surface area contributed by atoms with Crippen LogP contribution < -0.4 is 0 Å². The molecule has 0 radical (unpaired) electrons. The summed E-state index contributed by atoms with van der Waals surface area (Å²) in [5, 5.41) is 3.89. The topological polar surface area (TPSA) is 65.5 Å². The molecule has 0 aliphatic heterocycles. The number of carbonyl (C=O) groups is 1. The molecule has 22 heavy (non-hydrogen) atoms. The minimum absolute atomic E-state index is 0.0317.